The van der Waals surface area contributed by atoms with Gasteiger partial charge in [-0.1, -0.05) is 12.1 Å². The molecule has 0 N–H and O–H groups in total. The van der Waals surface area contributed by atoms with Crippen molar-refractivity contribution in [1.29, 1.82) is 0 Å². The highest BCUT2D eigenvalue weighted by molar-refractivity contribution is 5.86. The number of carbonyl (C=O) groups is 1. The van der Waals surface area contributed by atoms with Crippen LogP contribution in [0, 0.1) is 0 Å². The maximum atomic E-state index is 13.4. The van der Waals surface area contributed by atoms with Crippen LogP contribution < -0.4 is 16.0 Å². The van der Waals surface area contributed by atoms with Crippen molar-refractivity contribution in [1.82, 2.24) is 23.7 Å². The van der Waals surface area contributed by atoms with Gasteiger partial charge in [0, 0.05) is 6.04 Å². The van der Waals surface area contributed by atoms with Crippen molar-refractivity contribution in [2.75, 3.05) is 14.2 Å². The molecule has 3 heterocycles. The SMILES string of the molecule is COC(=O)c1coc(Cn2cnc3c2c(=O)n(C2CC2)c(=O)n3-c2ccccc2OC)n1. The van der Waals surface area contributed by atoms with Crippen LogP contribution in [0.3, 0.4) is 0 Å². The fourth-order valence-corrected chi connectivity index (χ4v) is 3.69. The smallest absolute Gasteiger partial charge is 0.360 e. The highest BCUT2D eigenvalue weighted by Crippen LogP contribution is 2.33. The summed E-state index contributed by atoms with van der Waals surface area (Å²) in [4.78, 5) is 46.8. The lowest BCUT2D eigenvalue weighted by Crippen LogP contribution is -2.39. The third-order valence-corrected chi connectivity index (χ3v) is 5.34. The number of oxazole rings is 1. The van der Waals surface area contributed by atoms with Gasteiger partial charge in [0.2, 0.25) is 5.89 Å². The molecule has 0 unspecified atom stereocenters. The maximum Gasteiger partial charge on any atom is 0.360 e. The van der Waals surface area contributed by atoms with E-state index in [1.165, 1.54) is 35.9 Å². The van der Waals surface area contributed by atoms with Gasteiger partial charge in [-0.3, -0.25) is 9.36 Å². The second kappa shape index (κ2) is 7.52. The number of hydrogen-bond acceptors (Lipinski definition) is 8. The molecule has 0 atom stereocenters. The third-order valence-electron chi connectivity index (χ3n) is 5.34. The molecule has 3 aromatic heterocycles. The first-order valence-corrected chi connectivity index (χ1v) is 9.92. The standard InChI is InChI=1S/C21H19N5O6/c1-30-15-6-4-3-5-14(15)26-18-17(19(27)25(21(26)29)12-7-8-12)24(11-22-18)9-16-23-13(10-32-16)20(28)31-2/h3-6,10-12H,7-9H2,1-2H3. The molecule has 0 bridgehead atoms. The predicted molar refractivity (Wildman–Crippen MR) is 111 cm³/mol. The number of rotatable bonds is 6. The second-order valence-electron chi connectivity index (χ2n) is 7.36. The van der Waals surface area contributed by atoms with E-state index in [0.717, 1.165) is 12.8 Å². The summed E-state index contributed by atoms with van der Waals surface area (Å²) in [5.74, 6) is 0.0376. The van der Waals surface area contributed by atoms with Gasteiger partial charge in [0.1, 0.15) is 18.6 Å². The minimum Gasteiger partial charge on any atom is -0.495 e. The van der Waals surface area contributed by atoms with Crippen molar-refractivity contribution in [3.05, 3.63) is 69.3 Å². The second-order valence-corrected chi connectivity index (χ2v) is 7.36. The Morgan fingerprint density at radius 1 is 1.22 bits per heavy atom. The summed E-state index contributed by atoms with van der Waals surface area (Å²) in [6.45, 7) is 0.0392. The number of esters is 1. The molecule has 1 aliphatic carbocycles. The zero-order valence-corrected chi connectivity index (χ0v) is 17.3. The summed E-state index contributed by atoms with van der Waals surface area (Å²) in [7, 11) is 2.76. The monoisotopic (exact) mass is 437 g/mol. The number of ether oxygens (including phenoxy) is 2. The van der Waals surface area contributed by atoms with Crippen LogP contribution in [0.4, 0.5) is 0 Å². The molecule has 5 rings (SSSR count). The lowest BCUT2D eigenvalue weighted by molar-refractivity contribution is 0.0594. The number of methoxy groups -OCH3 is 2. The van der Waals surface area contributed by atoms with E-state index >= 15 is 0 Å². The molecule has 1 fully saturated rings. The number of carbonyl (C=O) groups excluding carboxylic acids is 1. The molecule has 11 heteroatoms. The van der Waals surface area contributed by atoms with Gasteiger partial charge in [0.25, 0.3) is 5.56 Å². The predicted octanol–water partition coefficient (Wildman–Crippen LogP) is 1.52. The average Bonchev–Trinajstić information content (AvgIpc) is 3.37. The molecular formula is C21H19N5O6. The molecule has 11 nitrogen and oxygen atoms in total. The molecule has 1 saturated carbocycles. The van der Waals surface area contributed by atoms with E-state index in [4.69, 9.17) is 9.15 Å². The van der Waals surface area contributed by atoms with E-state index in [0.29, 0.717) is 11.4 Å². The Labute approximate surface area is 180 Å². The summed E-state index contributed by atoms with van der Waals surface area (Å²) in [6, 6.07) is 6.88. The Balaban J connectivity index is 1.72. The first kappa shape index (κ1) is 19.8. The normalized spacial score (nSPS) is 13.4. The van der Waals surface area contributed by atoms with Gasteiger partial charge in [-0.15, -0.1) is 0 Å². The highest BCUT2D eigenvalue weighted by Gasteiger charge is 2.31. The van der Waals surface area contributed by atoms with Gasteiger partial charge in [-0.05, 0) is 25.0 Å². The summed E-state index contributed by atoms with van der Waals surface area (Å²) in [5, 5.41) is 0. The summed E-state index contributed by atoms with van der Waals surface area (Å²) in [5.41, 5.74) is 0.0168. The zero-order chi connectivity index (χ0) is 22.4. The molecule has 0 radical (unpaired) electrons. The van der Waals surface area contributed by atoms with E-state index in [2.05, 4.69) is 14.7 Å². The van der Waals surface area contributed by atoms with Gasteiger partial charge in [0.05, 0.1) is 26.2 Å². The molecule has 164 valence electrons. The summed E-state index contributed by atoms with van der Waals surface area (Å²) in [6.07, 6.45) is 4.14. The number of imidazole rings is 1. The number of benzene rings is 1. The van der Waals surface area contributed by atoms with E-state index in [1.807, 2.05) is 0 Å². The van der Waals surface area contributed by atoms with Crippen molar-refractivity contribution in [3.63, 3.8) is 0 Å². The van der Waals surface area contributed by atoms with E-state index in [1.54, 1.807) is 28.8 Å². The van der Waals surface area contributed by atoms with Crippen molar-refractivity contribution in [2.45, 2.75) is 25.4 Å². The van der Waals surface area contributed by atoms with Crippen LogP contribution in [0.2, 0.25) is 0 Å². The summed E-state index contributed by atoms with van der Waals surface area (Å²) >= 11 is 0. The fraction of sp³-hybridized carbons (Fsp3) is 0.286. The minimum atomic E-state index is -0.628. The van der Waals surface area contributed by atoms with E-state index in [9.17, 15) is 14.4 Å². The Hall–Kier alpha value is -4.15. The Kier molecular flexibility index (Phi) is 4.65. The topological polar surface area (TPSA) is 123 Å². The number of nitrogens with zero attached hydrogens (tertiary/aromatic N) is 5. The molecule has 1 aromatic carbocycles. The molecule has 0 spiro atoms. The molecular weight excluding hydrogens is 418 g/mol. The van der Waals surface area contributed by atoms with Crippen molar-refractivity contribution in [2.24, 2.45) is 0 Å². The lowest BCUT2D eigenvalue weighted by Gasteiger charge is -2.14. The number of fused-ring (bicyclic) bond motifs is 1. The zero-order valence-electron chi connectivity index (χ0n) is 17.3. The lowest BCUT2D eigenvalue weighted by atomic mass is 10.3. The van der Waals surface area contributed by atoms with Crippen LogP contribution >= 0.6 is 0 Å². The van der Waals surface area contributed by atoms with E-state index in [-0.39, 0.29) is 35.3 Å². The van der Waals surface area contributed by atoms with Gasteiger partial charge < -0.3 is 18.5 Å². The quantitative estimate of drug-likeness (QED) is 0.416. The molecule has 0 aliphatic heterocycles. The Morgan fingerprint density at radius 3 is 2.72 bits per heavy atom. The first-order chi connectivity index (χ1) is 15.5. The maximum absolute atomic E-state index is 13.4. The van der Waals surface area contributed by atoms with Crippen LogP contribution in [0.5, 0.6) is 5.75 Å². The molecule has 32 heavy (non-hydrogen) atoms. The summed E-state index contributed by atoms with van der Waals surface area (Å²) < 4.78 is 19.6. The van der Waals surface area contributed by atoms with E-state index < -0.39 is 17.2 Å². The average molecular weight is 437 g/mol. The van der Waals surface area contributed by atoms with Gasteiger partial charge >= 0.3 is 11.7 Å². The first-order valence-electron chi connectivity index (χ1n) is 9.92. The molecule has 0 amide bonds. The van der Waals surface area contributed by atoms with Crippen molar-refractivity contribution < 1.29 is 18.7 Å². The van der Waals surface area contributed by atoms with Gasteiger partial charge in [-0.25, -0.2) is 24.1 Å². The largest absolute Gasteiger partial charge is 0.495 e. The van der Waals surface area contributed by atoms with Crippen molar-refractivity contribution in [3.8, 4) is 11.4 Å². The van der Waals surface area contributed by atoms with Crippen LogP contribution in [0.1, 0.15) is 35.3 Å². The Bertz CT molecular complexity index is 1460. The minimum absolute atomic E-state index is 0.0215. The molecule has 0 saturated heterocycles. The van der Waals surface area contributed by atoms with Crippen molar-refractivity contribution >= 4 is 17.1 Å². The highest BCUT2D eigenvalue weighted by atomic mass is 16.5. The number of hydrogen-bond donors (Lipinski definition) is 0. The van der Waals surface area contributed by atoms with Crippen LogP contribution in [0.15, 0.2) is 50.9 Å². The van der Waals surface area contributed by atoms with Gasteiger partial charge in [0.15, 0.2) is 16.9 Å². The number of para-hydroxylation sites is 2. The third kappa shape index (κ3) is 3.09. The van der Waals surface area contributed by atoms with Gasteiger partial charge in [-0.2, -0.15) is 0 Å². The van der Waals surface area contributed by atoms with Crippen LogP contribution in [0.25, 0.3) is 16.9 Å². The Morgan fingerprint density at radius 2 is 2.00 bits per heavy atom. The fourth-order valence-electron chi connectivity index (χ4n) is 3.69. The van der Waals surface area contributed by atoms with Crippen LogP contribution in [-0.2, 0) is 11.3 Å². The molecule has 4 aromatic rings. The number of aromatic nitrogens is 5. The van der Waals surface area contributed by atoms with Crippen LogP contribution in [-0.4, -0.2) is 43.9 Å². The molecule has 1 aliphatic rings.